The zero-order chi connectivity index (χ0) is 9.54. The Balaban J connectivity index is 2.60. The van der Waals surface area contributed by atoms with Gasteiger partial charge in [-0.2, -0.15) is 0 Å². The fraction of sp³-hybridized carbons (Fsp3) is 0.0833. The summed E-state index contributed by atoms with van der Waals surface area (Å²) >= 11 is 1.70. The number of aromatic nitrogens is 1. The maximum Gasteiger partial charge on any atom is 0.0890 e. The fourth-order valence-corrected chi connectivity index (χ4v) is 2.45. The maximum absolute atomic E-state index is 4.41. The number of aryl methyl sites for hydroxylation is 1. The molecule has 0 aliphatic carbocycles. The summed E-state index contributed by atoms with van der Waals surface area (Å²) in [5, 5.41) is 2.54. The average Bonchev–Trinajstić information content (AvgIpc) is 2.65. The number of benzene rings is 2. The summed E-state index contributed by atoms with van der Waals surface area (Å²) in [5.41, 5.74) is 4.33. The number of fused-ring (bicyclic) bond motifs is 3. The van der Waals surface area contributed by atoms with Gasteiger partial charge in [-0.1, -0.05) is 23.8 Å². The lowest BCUT2D eigenvalue weighted by atomic mass is 10.1. The molecule has 0 aliphatic rings. The average molecular weight is 199 g/mol. The Labute approximate surface area is 86.0 Å². The fourth-order valence-electron chi connectivity index (χ4n) is 1.76. The number of hydrogen-bond acceptors (Lipinski definition) is 2. The van der Waals surface area contributed by atoms with Gasteiger partial charge in [-0.05, 0) is 24.4 Å². The second-order valence-corrected chi connectivity index (χ2v) is 4.38. The van der Waals surface area contributed by atoms with E-state index in [4.69, 9.17) is 0 Å². The summed E-state index contributed by atoms with van der Waals surface area (Å²) in [5.74, 6) is 0. The van der Waals surface area contributed by atoms with E-state index in [1.165, 1.54) is 21.0 Å². The number of nitrogens with zero attached hydrogens (tertiary/aromatic N) is 1. The molecule has 0 amide bonds. The van der Waals surface area contributed by atoms with Crippen LogP contribution in [0.4, 0.5) is 0 Å². The smallest absolute Gasteiger partial charge is 0.0890 e. The van der Waals surface area contributed by atoms with Gasteiger partial charge in [0.1, 0.15) is 0 Å². The first-order valence-corrected chi connectivity index (χ1v) is 5.45. The van der Waals surface area contributed by atoms with E-state index in [1.54, 1.807) is 11.3 Å². The molecular weight excluding hydrogens is 190 g/mol. The van der Waals surface area contributed by atoms with E-state index in [2.05, 4.69) is 42.2 Å². The zero-order valence-electron chi connectivity index (χ0n) is 7.82. The minimum absolute atomic E-state index is 1.14. The van der Waals surface area contributed by atoms with Crippen LogP contribution in [0.1, 0.15) is 5.56 Å². The molecule has 2 heteroatoms. The molecule has 3 aromatic rings. The molecule has 0 bridgehead atoms. The summed E-state index contributed by atoms with van der Waals surface area (Å²) in [6, 6.07) is 10.8. The molecule has 0 atom stereocenters. The molecule has 68 valence electrons. The molecule has 1 heterocycles. The van der Waals surface area contributed by atoms with Crippen LogP contribution in [-0.2, 0) is 0 Å². The Bertz CT molecular complexity index is 610. The summed E-state index contributed by atoms with van der Waals surface area (Å²) in [6.07, 6.45) is 0. The van der Waals surface area contributed by atoms with Gasteiger partial charge in [-0.3, -0.25) is 0 Å². The van der Waals surface area contributed by atoms with Gasteiger partial charge in [0, 0.05) is 5.39 Å². The molecule has 3 rings (SSSR count). The number of thiazole rings is 1. The molecule has 0 aliphatic heterocycles. The predicted octanol–water partition coefficient (Wildman–Crippen LogP) is 3.76. The van der Waals surface area contributed by atoms with E-state index in [0.717, 1.165) is 5.52 Å². The third-order valence-corrected chi connectivity index (χ3v) is 3.27. The first-order valence-electron chi connectivity index (χ1n) is 4.57. The van der Waals surface area contributed by atoms with Crippen molar-refractivity contribution in [3.8, 4) is 0 Å². The van der Waals surface area contributed by atoms with Gasteiger partial charge in [-0.25, -0.2) is 4.98 Å². The van der Waals surface area contributed by atoms with Crippen molar-refractivity contribution in [2.75, 3.05) is 0 Å². The highest BCUT2D eigenvalue weighted by Crippen LogP contribution is 2.27. The Hall–Kier alpha value is -1.41. The van der Waals surface area contributed by atoms with Crippen molar-refractivity contribution in [1.29, 1.82) is 0 Å². The van der Waals surface area contributed by atoms with Crippen LogP contribution in [0.15, 0.2) is 35.8 Å². The maximum atomic E-state index is 4.41. The molecule has 14 heavy (non-hydrogen) atoms. The monoisotopic (exact) mass is 199 g/mol. The standard InChI is InChI=1S/C12H9NS/c1-8-2-3-9-4-5-11-12(10(9)6-8)13-7-14-11/h2-7H,1H3. The molecule has 0 saturated carbocycles. The third kappa shape index (κ3) is 1.04. The van der Waals surface area contributed by atoms with E-state index in [1.807, 2.05) is 5.51 Å². The van der Waals surface area contributed by atoms with Crippen LogP contribution in [0.3, 0.4) is 0 Å². The predicted molar refractivity (Wildman–Crippen MR) is 61.9 cm³/mol. The zero-order valence-corrected chi connectivity index (χ0v) is 8.64. The number of rotatable bonds is 0. The van der Waals surface area contributed by atoms with Crippen molar-refractivity contribution in [2.45, 2.75) is 6.92 Å². The lowest BCUT2D eigenvalue weighted by molar-refractivity contribution is 1.49. The minimum atomic E-state index is 1.14. The van der Waals surface area contributed by atoms with Gasteiger partial charge in [0.25, 0.3) is 0 Å². The SMILES string of the molecule is Cc1ccc2ccc3scnc3c2c1. The topological polar surface area (TPSA) is 12.9 Å². The molecule has 0 fully saturated rings. The van der Waals surface area contributed by atoms with Crippen LogP contribution in [0.5, 0.6) is 0 Å². The van der Waals surface area contributed by atoms with Crippen LogP contribution >= 0.6 is 11.3 Å². The second kappa shape index (κ2) is 2.79. The molecule has 1 nitrogen and oxygen atoms in total. The van der Waals surface area contributed by atoms with Gasteiger partial charge in [0.2, 0.25) is 0 Å². The van der Waals surface area contributed by atoms with E-state index >= 15 is 0 Å². The summed E-state index contributed by atoms with van der Waals surface area (Å²) in [6.45, 7) is 2.12. The Morgan fingerprint density at radius 2 is 2.00 bits per heavy atom. The quantitative estimate of drug-likeness (QED) is 0.537. The van der Waals surface area contributed by atoms with Crippen LogP contribution < -0.4 is 0 Å². The van der Waals surface area contributed by atoms with Crippen molar-refractivity contribution in [1.82, 2.24) is 4.98 Å². The van der Waals surface area contributed by atoms with E-state index in [-0.39, 0.29) is 0 Å². The molecule has 1 aromatic heterocycles. The van der Waals surface area contributed by atoms with Gasteiger partial charge >= 0.3 is 0 Å². The van der Waals surface area contributed by atoms with Gasteiger partial charge in [0.05, 0.1) is 15.7 Å². The Morgan fingerprint density at radius 1 is 1.14 bits per heavy atom. The molecular formula is C12H9NS. The summed E-state index contributed by atoms with van der Waals surface area (Å²) in [4.78, 5) is 4.41. The molecule has 0 unspecified atom stereocenters. The molecule has 2 aromatic carbocycles. The second-order valence-electron chi connectivity index (χ2n) is 3.49. The van der Waals surface area contributed by atoms with Crippen molar-refractivity contribution in [3.63, 3.8) is 0 Å². The molecule has 0 N–H and O–H groups in total. The molecule has 0 radical (unpaired) electrons. The Morgan fingerprint density at radius 3 is 2.93 bits per heavy atom. The van der Waals surface area contributed by atoms with E-state index < -0.39 is 0 Å². The van der Waals surface area contributed by atoms with Gasteiger partial charge < -0.3 is 0 Å². The van der Waals surface area contributed by atoms with E-state index in [0.29, 0.717) is 0 Å². The summed E-state index contributed by atoms with van der Waals surface area (Å²) < 4.78 is 1.27. The first-order chi connectivity index (χ1) is 6.84. The van der Waals surface area contributed by atoms with Crippen molar-refractivity contribution < 1.29 is 0 Å². The lowest BCUT2D eigenvalue weighted by Crippen LogP contribution is -1.77. The normalized spacial score (nSPS) is 11.2. The van der Waals surface area contributed by atoms with Crippen molar-refractivity contribution in [2.24, 2.45) is 0 Å². The van der Waals surface area contributed by atoms with E-state index in [9.17, 15) is 0 Å². The van der Waals surface area contributed by atoms with Gasteiger partial charge in [0.15, 0.2) is 0 Å². The molecule has 0 spiro atoms. The highest BCUT2D eigenvalue weighted by Gasteiger charge is 2.02. The van der Waals surface area contributed by atoms with Crippen molar-refractivity contribution >= 4 is 32.3 Å². The number of hydrogen-bond donors (Lipinski definition) is 0. The van der Waals surface area contributed by atoms with Crippen LogP contribution in [0, 0.1) is 6.92 Å². The highest BCUT2D eigenvalue weighted by molar-refractivity contribution is 7.16. The largest absolute Gasteiger partial charge is 0.244 e. The van der Waals surface area contributed by atoms with Crippen LogP contribution in [0.2, 0.25) is 0 Å². The van der Waals surface area contributed by atoms with Crippen LogP contribution in [-0.4, -0.2) is 4.98 Å². The molecule has 0 saturated heterocycles. The highest BCUT2D eigenvalue weighted by atomic mass is 32.1. The summed E-state index contributed by atoms with van der Waals surface area (Å²) in [7, 11) is 0. The van der Waals surface area contributed by atoms with Crippen molar-refractivity contribution in [3.05, 3.63) is 41.4 Å². The Kier molecular flexibility index (Phi) is 1.58. The van der Waals surface area contributed by atoms with Gasteiger partial charge in [-0.15, -0.1) is 11.3 Å². The third-order valence-electron chi connectivity index (χ3n) is 2.47. The first kappa shape index (κ1) is 7.94. The lowest BCUT2D eigenvalue weighted by Gasteiger charge is -1.99. The van der Waals surface area contributed by atoms with Crippen LogP contribution in [0.25, 0.3) is 21.0 Å². The minimum Gasteiger partial charge on any atom is -0.244 e.